The zero-order valence-electron chi connectivity index (χ0n) is 13.6. The maximum Gasteiger partial charge on any atom is 0.0406 e. The Kier molecular flexibility index (Phi) is 5.52. The maximum atomic E-state index is 5.99. The summed E-state index contributed by atoms with van der Waals surface area (Å²) in [5, 5.41) is 1.60. The predicted octanol–water partition coefficient (Wildman–Crippen LogP) is 8.08. The fraction of sp³-hybridized carbons (Fsp3) is 0.238. The second-order valence-electron chi connectivity index (χ2n) is 6.43. The molecule has 0 unspecified atom stereocenters. The Hall–Kier alpha value is -0.800. The fourth-order valence-electron chi connectivity index (χ4n) is 3.38. The van der Waals surface area contributed by atoms with E-state index in [4.69, 9.17) is 23.2 Å². The predicted molar refractivity (Wildman–Crippen MR) is 112 cm³/mol. The Labute approximate surface area is 167 Å². The highest BCUT2D eigenvalue weighted by Gasteiger charge is 2.30. The molecule has 2 atom stereocenters. The van der Waals surface area contributed by atoms with Crippen LogP contribution in [0.2, 0.25) is 10.0 Å². The van der Waals surface area contributed by atoms with Gasteiger partial charge in [0.15, 0.2) is 0 Å². The van der Waals surface area contributed by atoms with Crippen LogP contribution in [0.25, 0.3) is 0 Å². The van der Waals surface area contributed by atoms with Crippen molar-refractivity contribution in [2.75, 3.05) is 0 Å². The third-order valence-electron chi connectivity index (χ3n) is 4.68. The van der Waals surface area contributed by atoms with Crippen LogP contribution in [0.1, 0.15) is 19.3 Å². The summed E-state index contributed by atoms with van der Waals surface area (Å²) >= 11 is 15.8. The maximum absolute atomic E-state index is 5.99. The summed E-state index contributed by atoms with van der Waals surface area (Å²) in [6.45, 7) is 0. The van der Waals surface area contributed by atoms with Crippen LogP contribution in [-0.4, -0.2) is 0 Å². The van der Waals surface area contributed by atoms with Crippen LogP contribution in [0.3, 0.4) is 0 Å². The highest BCUT2D eigenvalue weighted by atomic mass is 35.5. The van der Waals surface area contributed by atoms with E-state index in [0.29, 0.717) is 11.8 Å². The highest BCUT2D eigenvalue weighted by molar-refractivity contribution is 8.03. The minimum absolute atomic E-state index is 0.661. The number of benzene rings is 2. The van der Waals surface area contributed by atoms with Gasteiger partial charge in [0.2, 0.25) is 0 Å². The molecule has 25 heavy (non-hydrogen) atoms. The molecule has 0 nitrogen and oxygen atoms in total. The Bertz CT molecular complexity index is 737. The summed E-state index contributed by atoms with van der Waals surface area (Å²) in [6, 6.07) is 16.3. The molecule has 4 heteroatoms. The molecule has 2 aromatic rings. The quantitative estimate of drug-likeness (QED) is 0.504. The van der Waals surface area contributed by atoms with Gasteiger partial charge in [0.1, 0.15) is 0 Å². The molecule has 4 rings (SSSR count). The first-order valence-electron chi connectivity index (χ1n) is 8.44. The average Bonchev–Trinajstić information content (AvgIpc) is 2.63. The second kappa shape index (κ2) is 7.84. The lowest BCUT2D eigenvalue weighted by molar-refractivity contribution is 0.431. The van der Waals surface area contributed by atoms with Crippen molar-refractivity contribution >= 4 is 46.7 Å². The van der Waals surface area contributed by atoms with Gasteiger partial charge in [-0.05, 0) is 89.4 Å². The van der Waals surface area contributed by atoms with E-state index < -0.39 is 0 Å². The Morgan fingerprint density at radius 1 is 0.640 bits per heavy atom. The van der Waals surface area contributed by atoms with Crippen LogP contribution in [0.15, 0.2) is 80.3 Å². The van der Waals surface area contributed by atoms with Crippen molar-refractivity contribution in [2.45, 2.75) is 29.1 Å². The smallest absolute Gasteiger partial charge is 0.0406 e. The van der Waals surface area contributed by atoms with Crippen LogP contribution >= 0.6 is 46.7 Å². The van der Waals surface area contributed by atoms with E-state index >= 15 is 0 Å². The zero-order chi connectivity index (χ0) is 17.2. The second-order valence-corrected chi connectivity index (χ2v) is 9.59. The van der Waals surface area contributed by atoms with Crippen LogP contribution in [0.5, 0.6) is 0 Å². The number of halogens is 2. The monoisotopic (exact) mass is 404 g/mol. The molecule has 2 aliphatic carbocycles. The van der Waals surface area contributed by atoms with Crippen molar-refractivity contribution in [3.63, 3.8) is 0 Å². The standard InChI is InChI=1S/C21H18Cl2S2/c22-16-3-7-18(8-4-16)24-20-11-1-14-13-15(20)2-12-21(14)25-19-9-5-17(23)6-10-19/h3-12,14-15H,1-2,13H2/t14-,15-/m1/s1. The molecule has 0 radical (unpaired) electrons. The number of hydrogen-bond donors (Lipinski definition) is 0. The molecule has 0 amide bonds. The van der Waals surface area contributed by atoms with E-state index in [1.165, 1.54) is 26.0 Å². The highest BCUT2D eigenvalue weighted by Crippen LogP contribution is 2.49. The van der Waals surface area contributed by atoms with Gasteiger partial charge in [-0.15, -0.1) is 0 Å². The number of allylic oxidation sites excluding steroid dienone is 4. The molecule has 0 spiro atoms. The third-order valence-corrected chi connectivity index (χ3v) is 7.67. The molecule has 0 aliphatic heterocycles. The summed E-state index contributed by atoms with van der Waals surface area (Å²) in [5.74, 6) is 1.32. The normalized spacial score (nSPS) is 22.3. The van der Waals surface area contributed by atoms with E-state index in [1.807, 2.05) is 47.8 Å². The minimum atomic E-state index is 0.661. The summed E-state index contributed by atoms with van der Waals surface area (Å²) in [7, 11) is 0. The molecule has 128 valence electrons. The van der Waals surface area contributed by atoms with E-state index in [1.54, 1.807) is 0 Å². The number of fused-ring (bicyclic) bond motifs is 2. The van der Waals surface area contributed by atoms with Gasteiger partial charge in [-0.25, -0.2) is 0 Å². The molecule has 2 aromatic carbocycles. The summed E-state index contributed by atoms with van der Waals surface area (Å²) in [5.41, 5.74) is 0. The van der Waals surface area contributed by atoms with Gasteiger partial charge < -0.3 is 0 Å². The lowest BCUT2D eigenvalue weighted by atomic mass is 9.80. The van der Waals surface area contributed by atoms with Crippen LogP contribution in [-0.2, 0) is 0 Å². The van der Waals surface area contributed by atoms with E-state index in [-0.39, 0.29) is 0 Å². The molecule has 2 aliphatic rings. The summed E-state index contributed by atoms with van der Waals surface area (Å²) < 4.78 is 0. The molecule has 0 heterocycles. The molecule has 2 bridgehead atoms. The largest absolute Gasteiger partial charge is 0.0946 e. The first-order valence-corrected chi connectivity index (χ1v) is 10.8. The van der Waals surface area contributed by atoms with Crippen LogP contribution in [0.4, 0.5) is 0 Å². The van der Waals surface area contributed by atoms with Crippen molar-refractivity contribution in [1.29, 1.82) is 0 Å². The zero-order valence-corrected chi connectivity index (χ0v) is 16.8. The lowest BCUT2D eigenvalue weighted by Gasteiger charge is -2.34. The minimum Gasteiger partial charge on any atom is -0.0946 e. The molecule has 0 saturated heterocycles. The topological polar surface area (TPSA) is 0 Å². The molecular formula is C21H18Cl2S2. The summed E-state index contributed by atoms with van der Waals surface area (Å²) in [6.07, 6.45) is 8.44. The van der Waals surface area contributed by atoms with Crippen molar-refractivity contribution in [3.05, 3.63) is 80.5 Å². The SMILES string of the molecule is Clc1ccc(SC2=CC[C@@H]3C[C@H]2CC=C3Sc2ccc(Cl)cc2)cc1. The van der Waals surface area contributed by atoms with Crippen LogP contribution in [0, 0.1) is 11.8 Å². The van der Waals surface area contributed by atoms with Crippen molar-refractivity contribution < 1.29 is 0 Å². The van der Waals surface area contributed by atoms with Gasteiger partial charge in [0.25, 0.3) is 0 Å². The first kappa shape index (κ1) is 17.6. The van der Waals surface area contributed by atoms with Crippen LogP contribution < -0.4 is 0 Å². The van der Waals surface area contributed by atoms with Crippen molar-refractivity contribution in [2.24, 2.45) is 11.8 Å². The fourth-order valence-corrected chi connectivity index (χ4v) is 5.80. The molecule has 0 fully saturated rings. The van der Waals surface area contributed by atoms with E-state index in [2.05, 4.69) is 36.4 Å². The molecule has 0 aromatic heterocycles. The number of hydrogen-bond acceptors (Lipinski definition) is 2. The van der Waals surface area contributed by atoms with Crippen molar-refractivity contribution in [3.8, 4) is 0 Å². The van der Waals surface area contributed by atoms with Gasteiger partial charge in [-0.1, -0.05) is 58.9 Å². The Morgan fingerprint density at radius 3 is 1.44 bits per heavy atom. The van der Waals surface area contributed by atoms with Gasteiger partial charge in [0, 0.05) is 19.8 Å². The Balaban J connectivity index is 1.43. The van der Waals surface area contributed by atoms with Gasteiger partial charge >= 0.3 is 0 Å². The summed E-state index contributed by atoms with van der Waals surface area (Å²) in [4.78, 5) is 5.59. The van der Waals surface area contributed by atoms with Gasteiger partial charge in [-0.2, -0.15) is 0 Å². The molecule has 0 N–H and O–H groups in total. The molecule has 0 saturated carbocycles. The first-order chi connectivity index (χ1) is 12.2. The average molecular weight is 405 g/mol. The van der Waals surface area contributed by atoms with E-state index in [0.717, 1.165) is 22.9 Å². The van der Waals surface area contributed by atoms with Crippen molar-refractivity contribution in [1.82, 2.24) is 0 Å². The molecular weight excluding hydrogens is 387 g/mol. The lowest BCUT2D eigenvalue weighted by Crippen LogP contribution is -2.19. The van der Waals surface area contributed by atoms with Gasteiger partial charge in [-0.3, -0.25) is 0 Å². The van der Waals surface area contributed by atoms with E-state index in [9.17, 15) is 0 Å². The number of thioether (sulfide) groups is 2. The third kappa shape index (κ3) is 4.31. The Morgan fingerprint density at radius 2 is 1.04 bits per heavy atom. The number of rotatable bonds is 4. The van der Waals surface area contributed by atoms with Gasteiger partial charge in [0.05, 0.1) is 0 Å².